The number of hydrogen-bond donors (Lipinski definition) is 1. The zero-order valence-corrected chi connectivity index (χ0v) is 11.0. The molecule has 0 radical (unpaired) electrons. The van der Waals surface area contributed by atoms with Crippen LogP contribution >= 0.6 is 11.8 Å². The lowest BCUT2D eigenvalue weighted by molar-refractivity contribution is -0.159. The van der Waals surface area contributed by atoms with E-state index in [2.05, 4.69) is 0 Å². The number of carboxylic acids is 1. The molecule has 0 bridgehead atoms. The molecule has 7 nitrogen and oxygen atoms in total. The van der Waals surface area contributed by atoms with E-state index >= 15 is 0 Å². The van der Waals surface area contributed by atoms with Gasteiger partial charge in [-0.1, -0.05) is 11.8 Å². The summed E-state index contributed by atoms with van der Waals surface area (Å²) < 4.78 is 4.75. The van der Waals surface area contributed by atoms with Gasteiger partial charge in [0, 0.05) is 12.5 Å². The number of ether oxygens (including phenoxy) is 1. The van der Waals surface area contributed by atoms with Gasteiger partial charge in [-0.15, -0.1) is 0 Å². The van der Waals surface area contributed by atoms with Crippen molar-refractivity contribution in [3.05, 3.63) is 11.3 Å². The van der Waals surface area contributed by atoms with E-state index in [1.54, 1.807) is 0 Å². The molecule has 1 N–H and O–H groups in total. The van der Waals surface area contributed by atoms with Crippen molar-refractivity contribution in [3.63, 3.8) is 0 Å². The number of amides is 1. The Kier molecular flexibility index (Phi) is 3.36. The average molecular weight is 285 g/mol. The van der Waals surface area contributed by atoms with Crippen LogP contribution in [0.5, 0.6) is 0 Å². The van der Waals surface area contributed by atoms with E-state index in [0.717, 1.165) is 16.7 Å². The normalized spacial score (nSPS) is 25.9. The molecule has 0 aliphatic carbocycles. The lowest BCUT2D eigenvalue weighted by atomic mass is 9.96. The highest BCUT2D eigenvalue weighted by atomic mass is 32.2. The first-order valence-corrected chi connectivity index (χ1v) is 6.34. The summed E-state index contributed by atoms with van der Waals surface area (Å²) >= 11 is 0.883. The fraction of sp³-hybridized carbons (Fsp3) is 0.455. The molecular weight excluding hydrogens is 274 g/mol. The van der Waals surface area contributed by atoms with Crippen molar-refractivity contribution in [3.8, 4) is 0 Å². The maximum absolute atomic E-state index is 11.9. The third-order valence-electron chi connectivity index (χ3n) is 2.95. The van der Waals surface area contributed by atoms with Crippen LogP contribution in [0.15, 0.2) is 11.3 Å². The molecule has 0 saturated carbocycles. The Morgan fingerprint density at radius 3 is 2.58 bits per heavy atom. The zero-order chi connectivity index (χ0) is 14.3. The van der Waals surface area contributed by atoms with Gasteiger partial charge in [-0.05, 0) is 6.92 Å². The van der Waals surface area contributed by atoms with Crippen LogP contribution in [0.25, 0.3) is 0 Å². The predicted molar refractivity (Wildman–Crippen MR) is 63.7 cm³/mol. The van der Waals surface area contributed by atoms with Crippen molar-refractivity contribution in [2.45, 2.75) is 19.2 Å². The number of carboxylic acid groups (broad SMARTS) is 1. The SMILES string of the molecule is CC(=O)OC[C@H]1C(=O)N2C(C(=O)O)=C(C)C(=O)S[C@@H]12. The lowest BCUT2D eigenvalue weighted by Crippen LogP contribution is -2.63. The summed E-state index contributed by atoms with van der Waals surface area (Å²) in [6.45, 7) is 2.45. The molecule has 0 spiro atoms. The van der Waals surface area contributed by atoms with E-state index in [9.17, 15) is 19.2 Å². The average Bonchev–Trinajstić information content (AvgIpc) is 2.32. The van der Waals surface area contributed by atoms with Crippen LogP contribution in [0.2, 0.25) is 0 Å². The third kappa shape index (κ3) is 2.12. The number of β-lactam (4-membered cyclic amide) rings is 1. The van der Waals surface area contributed by atoms with Crippen molar-refractivity contribution >= 4 is 34.7 Å². The quantitative estimate of drug-likeness (QED) is 0.573. The van der Waals surface area contributed by atoms with E-state index in [4.69, 9.17) is 9.84 Å². The number of aliphatic carboxylic acids is 1. The molecule has 2 aliphatic rings. The van der Waals surface area contributed by atoms with Crippen molar-refractivity contribution in [2.24, 2.45) is 5.92 Å². The summed E-state index contributed by atoms with van der Waals surface area (Å²) in [7, 11) is 0. The number of fused-ring (bicyclic) bond motifs is 1. The summed E-state index contributed by atoms with van der Waals surface area (Å²) in [5.41, 5.74) is -0.231. The number of nitrogens with zero attached hydrogens (tertiary/aromatic N) is 1. The second-order valence-electron chi connectivity index (χ2n) is 4.19. The Morgan fingerprint density at radius 2 is 2.05 bits per heavy atom. The Balaban J connectivity index is 2.23. The number of rotatable bonds is 3. The summed E-state index contributed by atoms with van der Waals surface area (Å²) in [6.07, 6.45) is 0. The van der Waals surface area contributed by atoms with E-state index in [1.165, 1.54) is 13.8 Å². The van der Waals surface area contributed by atoms with E-state index in [1.807, 2.05) is 0 Å². The predicted octanol–water partition coefficient (Wildman–Crippen LogP) is -0.0340. The second-order valence-corrected chi connectivity index (χ2v) is 5.28. The molecule has 0 aromatic carbocycles. The molecule has 1 amide bonds. The van der Waals surface area contributed by atoms with E-state index < -0.39 is 29.1 Å². The van der Waals surface area contributed by atoms with Gasteiger partial charge in [0.1, 0.15) is 23.6 Å². The minimum atomic E-state index is -1.31. The number of esters is 1. The molecule has 2 atom stereocenters. The molecule has 102 valence electrons. The van der Waals surface area contributed by atoms with Gasteiger partial charge in [0.15, 0.2) is 0 Å². The van der Waals surface area contributed by atoms with Crippen molar-refractivity contribution in [2.75, 3.05) is 6.61 Å². The Hall–Kier alpha value is -1.83. The van der Waals surface area contributed by atoms with Gasteiger partial charge in [0.25, 0.3) is 0 Å². The molecule has 8 heteroatoms. The molecule has 1 fully saturated rings. The maximum atomic E-state index is 11.9. The van der Waals surface area contributed by atoms with Gasteiger partial charge in [0.2, 0.25) is 11.0 Å². The molecule has 19 heavy (non-hydrogen) atoms. The molecule has 0 aromatic rings. The van der Waals surface area contributed by atoms with Crippen molar-refractivity contribution < 1.29 is 29.0 Å². The lowest BCUT2D eigenvalue weighted by Gasteiger charge is -2.48. The largest absolute Gasteiger partial charge is 0.477 e. The molecule has 2 aliphatic heterocycles. The van der Waals surface area contributed by atoms with Gasteiger partial charge in [-0.2, -0.15) is 0 Å². The first-order valence-electron chi connectivity index (χ1n) is 5.46. The van der Waals surface area contributed by atoms with Crippen LogP contribution in [0, 0.1) is 5.92 Å². The van der Waals surface area contributed by atoms with Crippen LogP contribution in [-0.4, -0.2) is 44.9 Å². The van der Waals surface area contributed by atoms with Gasteiger partial charge in [-0.25, -0.2) is 4.79 Å². The van der Waals surface area contributed by atoms with Crippen LogP contribution in [0.3, 0.4) is 0 Å². The highest BCUT2D eigenvalue weighted by Gasteiger charge is 2.55. The number of carbonyl (C=O) groups is 4. The standard InChI is InChI=1S/C11H11NO6S/c1-4-7(10(15)16)12-8(14)6(3-18-5(2)13)9(12)19-11(4)17/h6,9H,3H2,1-2H3,(H,15,16)/t6-,9-/m0/s1. The minimum absolute atomic E-state index is 0.0491. The maximum Gasteiger partial charge on any atom is 0.353 e. The van der Waals surface area contributed by atoms with Crippen LogP contribution in [-0.2, 0) is 23.9 Å². The van der Waals surface area contributed by atoms with Crippen LogP contribution in [0.1, 0.15) is 13.8 Å². The Labute approximate surface area is 112 Å². The second kappa shape index (κ2) is 4.69. The number of hydrogen-bond acceptors (Lipinski definition) is 6. The Morgan fingerprint density at radius 1 is 1.42 bits per heavy atom. The molecular formula is C11H11NO6S. The van der Waals surface area contributed by atoms with E-state index in [0.29, 0.717) is 0 Å². The molecule has 2 heterocycles. The van der Waals surface area contributed by atoms with Crippen LogP contribution < -0.4 is 0 Å². The molecule has 2 rings (SSSR count). The fourth-order valence-electron chi connectivity index (χ4n) is 2.00. The van der Waals surface area contributed by atoms with Crippen molar-refractivity contribution in [1.29, 1.82) is 0 Å². The highest BCUT2D eigenvalue weighted by molar-refractivity contribution is 8.14. The summed E-state index contributed by atoms with van der Waals surface area (Å²) in [4.78, 5) is 46.5. The van der Waals surface area contributed by atoms with Gasteiger partial charge < -0.3 is 9.84 Å². The third-order valence-corrected chi connectivity index (χ3v) is 4.25. The Bertz CT molecular complexity index is 525. The summed E-state index contributed by atoms with van der Waals surface area (Å²) in [6, 6.07) is 0. The topological polar surface area (TPSA) is 101 Å². The van der Waals surface area contributed by atoms with Gasteiger partial charge >= 0.3 is 11.9 Å². The monoisotopic (exact) mass is 285 g/mol. The smallest absolute Gasteiger partial charge is 0.353 e. The zero-order valence-electron chi connectivity index (χ0n) is 10.2. The summed E-state index contributed by atoms with van der Waals surface area (Å²) in [5, 5.41) is 8.09. The molecule has 0 aromatic heterocycles. The first-order chi connectivity index (χ1) is 8.84. The highest BCUT2D eigenvalue weighted by Crippen LogP contribution is 2.44. The van der Waals surface area contributed by atoms with E-state index in [-0.39, 0.29) is 23.0 Å². The molecule has 0 unspecified atom stereocenters. The minimum Gasteiger partial charge on any atom is -0.477 e. The van der Waals surface area contributed by atoms with Gasteiger partial charge in [-0.3, -0.25) is 19.3 Å². The van der Waals surface area contributed by atoms with Gasteiger partial charge in [0.05, 0.1) is 0 Å². The summed E-state index contributed by atoms with van der Waals surface area (Å²) in [5.74, 6) is -2.94. The molecule has 1 saturated heterocycles. The fourth-order valence-corrected chi connectivity index (χ4v) is 3.16. The number of carbonyl (C=O) groups excluding carboxylic acids is 3. The first kappa shape index (κ1) is 13.6. The number of thioether (sulfide) groups is 1. The van der Waals surface area contributed by atoms with Crippen LogP contribution in [0.4, 0.5) is 0 Å². The van der Waals surface area contributed by atoms with Crippen molar-refractivity contribution in [1.82, 2.24) is 4.90 Å².